The van der Waals surface area contributed by atoms with Gasteiger partial charge in [0.15, 0.2) is 7.83 Å². The van der Waals surface area contributed by atoms with Gasteiger partial charge in [-0.2, -0.15) is 0 Å². The molecule has 5 aromatic rings. The second kappa shape index (κ2) is 16.4. The van der Waals surface area contributed by atoms with E-state index in [0.717, 1.165) is 44.0 Å². The van der Waals surface area contributed by atoms with Crippen molar-refractivity contribution in [3.63, 3.8) is 0 Å². The molecule has 2 nitrogen and oxygen atoms in total. The van der Waals surface area contributed by atoms with Crippen molar-refractivity contribution in [1.82, 2.24) is 9.97 Å². The number of hydrogen-bond acceptors (Lipinski definition) is 5. The van der Waals surface area contributed by atoms with E-state index in [1.54, 1.807) is 34.4 Å². The van der Waals surface area contributed by atoms with Crippen molar-refractivity contribution in [3.8, 4) is 21.7 Å². The van der Waals surface area contributed by atoms with Gasteiger partial charge in [-0.25, -0.2) is 9.97 Å². The molecule has 0 spiro atoms. The molecule has 0 fully saturated rings. The highest BCUT2D eigenvalue weighted by Gasteiger charge is 2.15. The summed E-state index contributed by atoms with van der Waals surface area (Å²) in [4.78, 5) is 14.3. The Hall–Kier alpha value is -1.19. The summed E-state index contributed by atoms with van der Waals surface area (Å²) in [5.41, 5.74) is 5.82. The lowest BCUT2D eigenvalue weighted by molar-refractivity contribution is 0.582. The van der Waals surface area contributed by atoms with Crippen LogP contribution in [-0.4, -0.2) is 9.97 Å². The Balaban J connectivity index is 0.000000203. The predicted octanol–water partition coefficient (Wildman–Crippen LogP) is 13.7. The van der Waals surface area contributed by atoms with Crippen molar-refractivity contribution in [2.24, 2.45) is 11.8 Å². The van der Waals surface area contributed by atoms with Gasteiger partial charge < -0.3 is 0 Å². The fourth-order valence-corrected chi connectivity index (χ4v) is 8.88. The van der Waals surface area contributed by atoms with Crippen LogP contribution in [0.25, 0.3) is 21.7 Å². The first-order valence-corrected chi connectivity index (χ1v) is 18.9. The molecule has 0 aliphatic rings. The van der Waals surface area contributed by atoms with Crippen LogP contribution in [0.3, 0.4) is 0 Å². The van der Waals surface area contributed by atoms with Crippen LogP contribution in [-0.2, 0) is 12.8 Å². The number of benzene rings is 3. The first-order chi connectivity index (χ1) is 20.5. The Bertz CT molecular complexity index is 1650. The lowest BCUT2D eigenvalue weighted by Gasteiger charge is -2.07. The molecular formula is C34H34Br2Cl2N2S3. The molecule has 0 aliphatic carbocycles. The van der Waals surface area contributed by atoms with Crippen LogP contribution in [0.15, 0.2) is 84.4 Å². The predicted molar refractivity (Wildman–Crippen MR) is 198 cm³/mol. The molecule has 2 heterocycles. The monoisotopic (exact) mass is 794 g/mol. The van der Waals surface area contributed by atoms with Gasteiger partial charge in [0.2, 0.25) is 0 Å². The van der Waals surface area contributed by atoms with Gasteiger partial charge in [0, 0.05) is 20.2 Å². The minimum absolute atomic E-state index is 0.581. The quantitative estimate of drug-likeness (QED) is 0.149. The zero-order valence-corrected chi connectivity index (χ0v) is 31.9. The third kappa shape index (κ3) is 10.4. The normalized spacial score (nSPS) is 11.2. The minimum atomic E-state index is 0.581. The highest BCUT2D eigenvalue weighted by atomic mass is 79.9. The average molecular weight is 798 g/mol. The summed E-state index contributed by atoms with van der Waals surface area (Å²) >= 11 is 24.2. The van der Waals surface area contributed by atoms with E-state index in [2.05, 4.69) is 125 Å². The molecule has 0 atom stereocenters. The lowest BCUT2D eigenvalue weighted by Crippen LogP contribution is -1.94. The number of rotatable bonds is 9. The number of hydrogen-bond donors (Lipinski definition) is 0. The molecule has 43 heavy (non-hydrogen) atoms. The highest BCUT2D eigenvalue weighted by molar-refractivity contribution is 9.11. The van der Waals surface area contributed by atoms with Crippen LogP contribution in [0.1, 0.15) is 50.3 Å². The average Bonchev–Trinajstić information content (AvgIpc) is 3.50. The molecule has 0 N–H and O–H groups in total. The van der Waals surface area contributed by atoms with Gasteiger partial charge in [-0.3, -0.25) is 0 Å². The molecule has 0 amide bonds. The summed E-state index contributed by atoms with van der Waals surface area (Å²) in [6, 6.07) is 23.1. The number of aromatic nitrogens is 2. The van der Waals surface area contributed by atoms with Crippen LogP contribution in [0.4, 0.5) is 0 Å². The van der Waals surface area contributed by atoms with Gasteiger partial charge in [-0.05, 0) is 112 Å². The van der Waals surface area contributed by atoms with E-state index >= 15 is 0 Å². The Morgan fingerprint density at radius 2 is 1.47 bits per heavy atom. The van der Waals surface area contributed by atoms with Gasteiger partial charge in [-0.15, -0.1) is 22.7 Å². The van der Waals surface area contributed by atoms with Crippen molar-refractivity contribution >= 4 is 89.5 Å². The molecule has 0 saturated heterocycles. The fourth-order valence-electron chi connectivity index (χ4n) is 4.33. The SMILES string of the molecule is CC(C)CCc1nc(Br)sc1-c1ccc(Cl)c(Cl)c1.Cc1cccc(Sc2ccc(-c3nc(Br)sc3CC(C)C)cc2)c1. The molecule has 9 heteroatoms. The molecular weight excluding hydrogens is 763 g/mol. The fraction of sp³-hybridized carbons (Fsp3) is 0.294. The van der Waals surface area contributed by atoms with Crippen LogP contribution in [0, 0.1) is 18.8 Å². The zero-order chi connectivity index (χ0) is 31.1. The molecule has 0 unspecified atom stereocenters. The summed E-state index contributed by atoms with van der Waals surface area (Å²) in [6.45, 7) is 11.1. The topological polar surface area (TPSA) is 25.8 Å². The van der Waals surface area contributed by atoms with Gasteiger partial charge >= 0.3 is 0 Å². The van der Waals surface area contributed by atoms with Gasteiger partial charge in [0.05, 0.1) is 26.3 Å². The smallest absolute Gasteiger partial charge is 0.160 e. The van der Waals surface area contributed by atoms with Crippen LogP contribution >= 0.6 is 89.5 Å². The van der Waals surface area contributed by atoms with E-state index in [1.165, 1.54) is 30.7 Å². The molecule has 0 aliphatic heterocycles. The van der Waals surface area contributed by atoms with Crippen molar-refractivity contribution in [3.05, 3.63) is 101 Å². The summed E-state index contributed by atoms with van der Waals surface area (Å²) in [7, 11) is 0. The van der Waals surface area contributed by atoms with Crippen LogP contribution in [0.2, 0.25) is 10.0 Å². The minimum Gasteiger partial charge on any atom is -0.233 e. The molecule has 226 valence electrons. The summed E-state index contributed by atoms with van der Waals surface area (Å²) in [5.74, 6) is 1.30. The molecule has 5 rings (SSSR count). The standard InChI is InChI=1S/C20H20BrNS2.C14H14BrCl2NS/c1-13(2)11-18-19(22-20(21)24-18)15-7-9-16(10-8-15)23-17-6-4-5-14(3)12-17;1-8(2)3-6-12-13(19-14(15)18-12)9-4-5-10(16)11(17)7-9/h4-10,12-13H,11H2,1-3H3;4-5,7-8H,3,6H2,1-2H3. The molecule has 0 bridgehead atoms. The van der Waals surface area contributed by atoms with Crippen molar-refractivity contribution in [2.75, 3.05) is 0 Å². The highest BCUT2D eigenvalue weighted by Crippen LogP contribution is 2.37. The van der Waals surface area contributed by atoms with Crippen LogP contribution in [0.5, 0.6) is 0 Å². The van der Waals surface area contributed by atoms with Crippen LogP contribution < -0.4 is 0 Å². The first-order valence-electron chi connectivity index (χ1n) is 14.1. The summed E-state index contributed by atoms with van der Waals surface area (Å²) < 4.78 is 1.87. The Morgan fingerprint density at radius 1 is 0.767 bits per heavy atom. The third-order valence-corrected chi connectivity index (χ3v) is 11.3. The van der Waals surface area contributed by atoms with Gasteiger partial charge in [-0.1, -0.05) is 98.6 Å². The third-order valence-electron chi connectivity index (χ3n) is 6.43. The van der Waals surface area contributed by atoms with Crippen molar-refractivity contribution in [1.29, 1.82) is 0 Å². The summed E-state index contributed by atoms with van der Waals surface area (Å²) in [6.07, 6.45) is 3.18. The largest absolute Gasteiger partial charge is 0.233 e. The van der Waals surface area contributed by atoms with E-state index in [9.17, 15) is 0 Å². The maximum Gasteiger partial charge on any atom is 0.160 e. The van der Waals surface area contributed by atoms with Crippen molar-refractivity contribution in [2.45, 2.75) is 63.7 Å². The zero-order valence-electron chi connectivity index (χ0n) is 24.8. The lowest BCUT2D eigenvalue weighted by atomic mass is 10.0. The van der Waals surface area contributed by atoms with Gasteiger partial charge in [0.1, 0.15) is 0 Å². The number of halogens is 4. The second-order valence-corrected chi connectivity index (χ2v) is 17.7. The summed E-state index contributed by atoms with van der Waals surface area (Å²) in [5, 5.41) is 1.16. The van der Waals surface area contributed by atoms with Gasteiger partial charge in [0.25, 0.3) is 0 Å². The van der Waals surface area contributed by atoms with Crippen molar-refractivity contribution < 1.29 is 0 Å². The Kier molecular flexibility index (Phi) is 13.2. The number of aryl methyl sites for hydroxylation is 2. The Labute approximate surface area is 294 Å². The second-order valence-electron chi connectivity index (χ2n) is 11.1. The maximum absolute atomic E-state index is 6.09. The molecule has 3 aromatic carbocycles. The van der Waals surface area contributed by atoms with E-state index in [0.29, 0.717) is 21.9 Å². The maximum atomic E-state index is 6.09. The molecule has 0 saturated carbocycles. The first kappa shape index (κ1) is 34.7. The van der Waals surface area contributed by atoms with E-state index in [1.807, 2.05) is 18.2 Å². The molecule has 2 aromatic heterocycles. The number of thiazole rings is 2. The number of nitrogens with zero attached hydrogens (tertiary/aromatic N) is 2. The van der Waals surface area contributed by atoms with E-state index in [-0.39, 0.29) is 0 Å². The van der Waals surface area contributed by atoms with E-state index < -0.39 is 0 Å². The Morgan fingerprint density at radius 3 is 2.12 bits per heavy atom. The van der Waals surface area contributed by atoms with E-state index in [4.69, 9.17) is 23.2 Å². The molecule has 0 radical (unpaired) electrons.